The van der Waals surface area contributed by atoms with Crippen molar-refractivity contribution in [3.05, 3.63) is 58.5 Å². The molecule has 2 aromatic rings. The van der Waals surface area contributed by atoms with Gasteiger partial charge in [0.2, 0.25) is 0 Å². The Hall–Kier alpha value is -2.68. The highest BCUT2D eigenvalue weighted by Crippen LogP contribution is 2.37. The Kier molecular flexibility index (Phi) is 12.1. The van der Waals surface area contributed by atoms with E-state index in [1.54, 1.807) is 12.2 Å². The van der Waals surface area contributed by atoms with E-state index in [0.29, 0.717) is 37.1 Å². The average molecular weight is 653 g/mol. The number of hydrogen-bond donors (Lipinski definition) is 6. The number of Topliss-reactive ketones (excluding diaryl/α,β-unsaturated/α-hetero) is 1. The number of benzene rings is 1. The SMILES string of the molecule is O=C(O)CCCC=CC[C@H]1C(=O)C(O)C[C@@H]1C=CC(CCc1sc2ccccc2c1Cl)OC1O[C@H](C(=O)O)[C@@H](O)[C@H](O)[C@H]1O. The van der Waals surface area contributed by atoms with E-state index < -0.39 is 60.8 Å². The van der Waals surface area contributed by atoms with Gasteiger partial charge in [0.1, 0.15) is 24.4 Å². The van der Waals surface area contributed by atoms with Gasteiger partial charge >= 0.3 is 11.9 Å². The van der Waals surface area contributed by atoms with Crippen molar-refractivity contribution >= 4 is 50.7 Å². The first kappa shape index (κ1) is 34.2. The van der Waals surface area contributed by atoms with Gasteiger partial charge in [0.25, 0.3) is 0 Å². The van der Waals surface area contributed by atoms with E-state index in [4.69, 9.17) is 26.2 Å². The van der Waals surface area contributed by atoms with Crippen LogP contribution in [0.4, 0.5) is 0 Å². The number of thiophene rings is 1. The molecule has 0 radical (unpaired) electrons. The minimum atomic E-state index is -1.86. The summed E-state index contributed by atoms with van der Waals surface area (Å²) in [5.41, 5.74) is 0. The molecule has 44 heavy (non-hydrogen) atoms. The summed E-state index contributed by atoms with van der Waals surface area (Å²) < 4.78 is 12.3. The molecule has 0 amide bonds. The predicted molar refractivity (Wildman–Crippen MR) is 161 cm³/mol. The molecule has 0 bridgehead atoms. The van der Waals surface area contributed by atoms with Crippen LogP contribution < -0.4 is 0 Å². The first-order valence-electron chi connectivity index (χ1n) is 14.5. The number of aliphatic hydroxyl groups excluding tert-OH is 4. The van der Waals surface area contributed by atoms with E-state index >= 15 is 0 Å². The zero-order valence-corrected chi connectivity index (χ0v) is 25.3. The first-order valence-corrected chi connectivity index (χ1v) is 15.7. The number of aryl methyl sites for hydroxylation is 1. The Labute approximate surface area is 263 Å². The number of fused-ring (bicyclic) bond motifs is 1. The number of ketones is 1. The van der Waals surface area contributed by atoms with Crippen LogP contribution in [-0.4, -0.2) is 91.3 Å². The van der Waals surface area contributed by atoms with Gasteiger partial charge in [-0.25, -0.2) is 4.79 Å². The lowest BCUT2D eigenvalue weighted by molar-refractivity contribution is -0.300. The van der Waals surface area contributed by atoms with Gasteiger partial charge in [0, 0.05) is 27.3 Å². The third-order valence-electron chi connectivity index (χ3n) is 7.98. The Bertz CT molecular complexity index is 1370. The number of carboxylic acid groups (broad SMARTS) is 2. The number of aliphatic hydroxyl groups is 4. The highest BCUT2D eigenvalue weighted by Gasteiger charge is 2.48. The summed E-state index contributed by atoms with van der Waals surface area (Å²) in [7, 11) is 0. The summed E-state index contributed by atoms with van der Waals surface area (Å²) in [5, 5.41) is 60.9. The van der Waals surface area contributed by atoms with Crippen molar-refractivity contribution in [1.82, 2.24) is 0 Å². The van der Waals surface area contributed by atoms with Gasteiger partial charge in [0.15, 0.2) is 18.2 Å². The van der Waals surface area contributed by atoms with Crippen LogP contribution in [0.5, 0.6) is 0 Å². The summed E-state index contributed by atoms with van der Waals surface area (Å²) in [6.45, 7) is 0. The lowest BCUT2D eigenvalue weighted by Gasteiger charge is -2.39. The molecule has 2 heterocycles. The molecular weight excluding hydrogens is 616 g/mol. The summed E-state index contributed by atoms with van der Waals surface area (Å²) >= 11 is 8.15. The second-order valence-corrected chi connectivity index (χ2v) is 12.6. The van der Waals surface area contributed by atoms with Crippen LogP contribution in [-0.2, 0) is 30.3 Å². The van der Waals surface area contributed by atoms with E-state index in [2.05, 4.69) is 0 Å². The summed E-state index contributed by atoms with van der Waals surface area (Å²) in [6, 6.07) is 7.67. The quantitative estimate of drug-likeness (QED) is 0.130. The van der Waals surface area contributed by atoms with Crippen LogP contribution >= 0.6 is 22.9 Å². The monoisotopic (exact) mass is 652 g/mol. The number of hydrogen-bond acceptors (Lipinski definition) is 10. The van der Waals surface area contributed by atoms with Gasteiger partial charge in [0.05, 0.1) is 11.1 Å². The number of carbonyl (C=O) groups excluding carboxylic acids is 1. The van der Waals surface area contributed by atoms with Gasteiger partial charge in [-0.3, -0.25) is 9.59 Å². The molecule has 6 N–H and O–H groups in total. The number of carbonyl (C=O) groups is 3. The lowest BCUT2D eigenvalue weighted by atomic mass is 9.91. The lowest BCUT2D eigenvalue weighted by Crippen LogP contribution is -2.60. The Morgan fingerprint density at radius 1 is 1.09 bits per heavy atom. The van der Waals surface area contributed by atoms with Gasteiger partial charge in [-0.05, 0) is 50.5 Å². The zero-order chi connectivity index (χ0) is 32.0. The Balaban J connectivity index is 1.51. The molecule has 1 aliphatic heterocycles. The van der Waals surface area contributed by atoms with Gasteiger partial charge in [-0.1, -0.05) is 54.1 Å². The van der Waals surface area contributed by atoms with Crippen molar-refractivity contribution in [3.8, 4) is 0 Å². The smallest absolute Gasteiger partial charge is 0.335 e. The molecule has 3 unspecified atom stereocenters. The van der Waals surface area contributed by atoms with Crippen LogP contribution in [0.3, 0.4) is 0 Å². The van der Waals surface area contributed by atoms with Crippen molar-refractivity contribution in [2.75, 3.05) is 0 Å². The maximum absolute atomic E-state index is 12.7. The number of ether oxygens (including phenoxy) is 2. The number of halogens is 1. The maximum atomic E-state index is 12.7. The number of rotatable bonds is 14. The summed E-state index contributed by atoms with van der Waals surface area (Å²) in [5.74, 6) is -3.56. The highest BCUT2D eigenvalue weighted by molar-refractivity contribution is 7.19. The van der Waals surface area contributed by atoms with Crippen molar-refractivity contribution < 1.29 is 54.5 Å². The van der Waals surface area contributed by atoms with Crippen LogP contribution in [0.15, 0.2) is 48.6 Å². The van der Waals surface area contributed by atoms with Crippen LogP contribution in [0, 0.1) is 11.8 Å². The molecule has 1 aromatic carbocycles. The van der Waals surface area contributed by atoms with Crippen LogP contribution in [0.2, 0.25) is 5.02 Å². The molecule has 9 atom stereocenters. The fraction of sp³-hybridized carbons (Fsp3) is 0.516. The molecular formula is C31H37ClO11S. The largest absolute Gasteiger partial charge is 0.481 e. The third kappa shape index (κ3) is 8.32. The molecule has 1 aromatic heterocycles. The van der Waals surface area contributed by atoms with E-state index in [9.17, 15) is 39.9 Å². The van der Waals surface area contributed by atoms with Gasteiger partial charge in [-0.15, -0.1) is 11.3 Å². The Morgan fingerprint density at radius 3 is 2.55 bits per heavy atom. The van der Waals surface area contributed by atoms with Crippen molar-refractivity contribution in [2.45, 2.75) is 87.9 Å². The molecule has 4 rings (SSSR count). The standard InChI is InChI=1S/C31H37ClO11S/c32-24-19-8-5-6-9-21(19)44-22(24)14-13-17(42-31-28(39)26(37)27(38)29(43-31)30(40)41)12-11-16-15-20(33)25(36)18(16)7-3-1-2-4-10-23(34)35/h1,3,5-6,8-9,11-12,16-18,20,26-29,31,33,37-39H,2,4,7,10,13-15H2,(H,34,35)(H,40,41)/t16-,17?,18+,20?,26-,27-,28+,29-,31?/m0/s1. The number of carboxylic acids is 2. The minimum absolute atomic E-state index is 0.0491. The molecule has 2 fully saturated rings. The minimum Gasteiger partial charge on any atom is -0.481 e. The maximum Gasteiger partial charge on any atom is 0.335 e. The number of allylic oxidation sites excluding steroid dienone is 3. The average Bonchev–Trinajstić information content (AvgIpc) is 3.45. The number of unbranched alkanes of at least 4 members (excludes halogenated alkanes) is 1. The third-order valence-corrected chi connectivity index (χ3v) is 9.75. The van der Waals surface area contributed by atoms with Crippen LogP contribution in [0.1, 0.15) is 43.4 Å². The van der Waals surface area contributed by atoms with Gasteiger partial charge < -0.3 is 40.1 Å². The fourth-order valence-corrected chi connectivity index (χ4v) is 7.09. The van der Waals surface area contributed by atoms with E-state index in [1.165, 1.54) is 11.3 Å². The molecule has 1 aliphatic carbocycles. The van der Waals surface area contributed by atoms with Gasteiger partial charge in [-0.2, -0.15) is 0 Å². The predicted octanol–water partition coefficient (Wildman–Crippen LogP) is 3.09. The topological polar surface area (TPSA) is 191 Å². The molecule has 0 spiro atoms. The normalized spacial score (nSPS) is 30.1. The molecule has 240 valence electrons. The fourth-order valence-electron chi connectivity index (χ4n) is 5.54. The van der Waals surface area contributed by atoms with E-state index in [1.807, 2.05) is 36.4 Å². The van der Waals surface area contributed by atoms with Crippen LogP contribution in [0.25, 0.3) is 10.1 Å². The van der Waals surface area contributed by atoms with Crippen molar-refractivity contribution in [3.63, 3.8) is 0 Å². The Morgan fingerprint density at radius 2 is 1.84 bits per heavy atom. The first-order chi connectivity index (χ1) is 21.0. The van der Waals surface area contributed by atoms with E-state index in [-0.39, 0.29) is 24.5 Å². The second-order valence-electron chi connectivity index (χ2n) is 11.1. The van der Waals surface area contributed by atoms with Crippen molar-refractivity contribution in [2.24, 2.45) is 11.8 Å². The molecule has 1 saturated carbocycles. The molecule has 13 heteroatoms. The highest BCUT2D eigenvalue weighted by atomic mass is 35.5. The second kappa shape index (κ2) is 15.5. The summed E-state index contributed by atoms with van der Waals surface area (Å²) in [4.78, 5) is 35.9. The zero-order valence-electron chi connectivity index (χ0n) is 23.8. The molecule has 1 saturated heterocycles. The number of aliphatic carboxylic acids is 2. The molecule has 11 nitrogen and oxygen atoms in total. The van der Waals surface area contributed by atoms with E-state index in [0.717, 1.165) is 15.0 Å². The van der Waals surface area contributed by atoms with Crippen molar-refractivity contribution in [1.29, 1.82) is 0 Å². The molecule has 2 aliphatic rings. The summed E-state index contributed by atoms with van der Waals surface area (Å²) in [6.07, 6.45) is -1.34.